The summed E-state index contributed by atoms with van der Waals surface area (Å²) in [5, 5.41) is 13.3. The summed E-state index contributed by atoms with van der Waals surface area (Å²) in [7, 11) is 2.08. The minimum absolute atomic E-state index is 0.241. The van der Waals surface area contributed by atoms with Crippen LogP contribution in [0.25, 0.3) is 5.65 Å². The van der Waals surface area contributed by atoms with Gasteiger partial charge in [0.1, 0.15) is 0 Å². The maximum atomic E-state index is 10.9. The van der Waals surface area contributed by atoms with Gasteiger partial charge in [-0.05, 0) is 32.1 Å². The van der Waals surface area contributed by atoms with Crippen molar-refractivity contribution in [2.45, 2.75) is 12.3 Å². The molecule has 1 aliphatic rings. The number of hydrogen-bond donors (Lipinski definition) is 1. The maximum absolute atomic E-state index is 10.9. The first-order valence-corrected chi connectivity index (χ1v) is 5.91. The van der Waals surface area contributed by atoms with Crippen molar-refractivity contribution in [2.75, 3.05) is 20.1 Å². The lowest BCUT2D eigenvalue weighted by Gasteiger charge is -2.05. The van der Waals surface area contributed by atoms with Crippen molar-refractivity contribution in [3.63, 3.8) is 0 Å². The Morgan fingerprint density at radius 2 is 2.39 bits per heavy atom. The standard InChI is InChI=1S/C12H14N4O2/c1-15-4-2-9(7-15)11-13-10-6-8(12(17)18)3-5-16(10)14-11/h3,5-6,9H,2,4,7H2,1H3,(H,17,18). The van der Waals surface area contributed by atoms with Gasteiger partial charge in [-0.3, -0.25) is 0 Å². The van der Waals surface area contributed by atoms with E-state index in [9.17, 15) is 4.79 Å². The molecule has 2 aromatic rings. The zero-order valence-electron chi connectivity index (χ0n) is 10.1. The highest BCUT2D eigenvalue weighted by Gasteiger charge is 2.24. The number of likely N-dealkylation sites (tertiary alicyclic amines) is 1. The summed E-state index contributed by atoms with van der Waals surface area (Å²) in [4.78, 5) is 17.6. The monoisotopic (exact) mass is 246 g/mol. The van der Waals surface area contributed by atoms with Gasteiger partial charge in [-0.25, -0.2) is 14.3 Å². The van der Waals surface area contributed by atoms with Gasteiger partial charge < -0.3 is 10.0 Å². The number of aromatic nitrogens is 3. The number of nitrogens with zero attached hydrogens (tertiary/aromatic N) is 4. The molecule has 3 rings (SSSR count). The zero-order chi connectivity index (χ0) is 12.7. The highest BCUT2D eigenvalue weighted by atomic mass is 16.4. The molecule has 0 amide bonds. The van der Waals surface area contributed by atoms with E-state index in [1.54, 1.807) is 16.8 Å². The summed E-state index contributed by atoms with van der Waals surface area (Å²) in [6, 6.07) is 3.09. The van der Waals surface area contributed by atoms with E-state index in [1.807, 2.05) is 0 Å². The molecule has 94 valence electrons. The van der Waals surface area contributed by atoms with Crippen LogP contribution in [0.3, 0.4) is 0 Å². The first-order valence-electron chi connectivity index (χ1n) is 5.91. The number of likely N-dealkylation sites (N-methyl/N-ethyl adjacent to an activating group) is 1. The summed E-state index contributed by atoms with van der Waals surface area (Å²) in [5.41, 5.74) is 0.837. The van der Waals surface area contributed by atoms with Crippen LogP contribution in [0.15, 0.2) is 18.3 Å². The van der Waals surface area contributed by atoms with Crippen LogP contribution in [-0.4, -0.2) is 50.7 Å². The molecule has 0 bridgehead atoms. The highest BCUT2D eigenvalue weighted by molar-refractivity contribution is 5.88. The fourth-order valence-corrected chi connectivity index (χ4v) is 2.35. The average Bonchev–Trinajstić information content (AvgIpc) is 2.93. The van der Waals surface area contributed by atoms with Crippen molar-refractivity contribution in [3.8, 4) is 0 Å². The van der Waals surface area contributed by atoms with Crippen molar-refractivity contribution in [1.29, 1.82) is 0 Å². The Hall–Kier alpha value is -1.95. The summed E-state index contributed by atoms with van der Waals surface area (Å²) < 4.78 is 1.64. The van der Waals surface area contributed by atoms with Crippen LogP contribution in [0.4, 0.5) is 0 Å². The summed E-state index contributed by atoms with van der Waals surface area (Å²) in [6.45, 7) is 2.02. The lowest BCUT2D eigenvalue weighted by molar-refractivity contribution is 0.0697. The van der Waals surface area contributed by atoms with Crippen LogP contribution < -0.4 is 0 Å². The van der Waals surface area contributed by atoms with Crippen LogP contribution in [0.1, 0.15) is 28.5 Å². The van der Waals surface area contributed by atoms with E-state index >= 15 is 0 Å². The number of pyridine rings is 1. The Labute approximate surface area is 104 Å². The van der Waals surface area contributed by atoms with E-state index in [2.05, 4.69) is 22.0 Å². The average molecular weight is 246 g/mol. The lowest BCUT2D eigenvalue weighted by Crippen LogP contribution is -2.13. The smallest absolute Gasteiger partial charge is 0.335 e. The van der Waals surface area contributed by atoms with Gasteiger partial charge >= 0.3 is 5.97 Å². The number of hydrogen-bond acceptors (Lipinski definition) is 4. The number of rotatable bonds is 2. The zero-order valence-corrected chi connectivity index (χ0v) is 10.1. The first-order chi connectivity index (χ1) is 8.63. The number of fused-ring (bicyclic) bond motifs is 1. The Bertz CT molecular complexity index is 607. The van der Waals surface area contributed by atoms with E-state index in [-0.39, 0.29) is 5.56 Å². The van der Waals surface area contributed by atoms with E-state index in [1.165, 1.54) is 6.07 Å². The molecule has 1 unspecified atom stereocenters. The Kier molecular flexibility index (Phi) is 2.52. The van der Waals surface area contributed by atoms with Crippen LogP contribution >= 0.6 is 0 Å². The second-order valence-electron chi connectivity index (χ2n) is 4.74. The molecular formula is C12H14N4O2. The quantitative estimate of drug-likeness (QED) is 0.850. The third-order valence-corrected chi connectivity index (χ3v) is 3.36. The minimum atomic E-state index is -0.942. The Morgan fingerprint density at radius 1 is 1.56 bits per heavy atom. The molecule has 1 aliphatic heterocycles. The number of carbonyl (C=O) groups is 1. The van der Waals surface area contributed by atoms with Crippen molar-refractivity contribution in [1.82, 2.24) is 19.5 Å². The molecule has 1 N–H and O–H groups in total. The van der Waals surface area contributed by atoms with Gasteiger partial charge in [0.25, 0.3) is 0 Å². The molecule has 1 fully saturated rings. The third-order valence-electron chi connectivity index (χ3n) is 3.36. The van der Waals surface area contributed by atoms with Gasteiger partial charge in [0, 0.05) is 18.7 Å². The van der Waals surface area contributed by atoms with E-state index in [0.717, 1.165) is 25.3 Å². The molecule has 2 aromatic heterocycles. The molecule has 0 aliphatic carbocycles. The molecule has 1 atom stereocenters. The van der Waals surface area contributed by atoms with Crippen molar-refractivity contribution in [3.05, 3.63) is 29.7 Å². The van der Waals surface area contributed by atoms with Crippen LogP contribution in [0.5, 0.6) is 0 Å². The molecule has 3 heterocycles. The molecular weight excluding hydrogens is 232 g/mol. The maximum Gasteiger partial charge on any atom is 0.335 e. The van der Waals surface area contributed by atoms with E-state index in [0.29, 0.717) is 11.6 Å². The van der Waals surface area contributed by atoms with Crippen molar-refractivity contribution < 1.29 is 9.90 Å². The molecule has 0 radical (unpaired) electrons. The van der Waals surface area contributed by atoms with Gasteiger partial charge in [0.15, 0.2) is 11.5 Å². The minimum Gasteiger partial charge on any atom is -0.478 e. The Morgan fingerprint density at radius 3 is 3.06 bits per heavy atom. The fraction of sp³-hybridized carbons (Fsp3) is 0.417. The van der Waals surface area contributed by atoms with Gasteiger partial charge in [-0.15, -0.1) is 0 Å². The third kappa shape index (κ3) is 1.84. The normalized spacial score (nSPS) is 20.6. The van der Waals surface area contributed by atoms with Crippen molar-refractivity contribution >= 4 is 11.6 Å². The van der Waals surface area contributed by atoms with Gasteiger partial charge in [0.2, 0.25) is 0 Å². The molecule has 0 spiro atoms. The summed E-state index contributed by atoms with van der Waals surface area (Å²) in [6.07, 6.45) is 2.70. The summed E-state index contributed by atoms with van der Waals surface area (Å²) >= 11 is 0. The number of carboxylic acid groups (broad SMARTS) is 1. The molecule has 18 heavy (non-hydrogen) atoms. The second-order valence-corrected chi connectivity index (χ2v) is 4.74. The molecule has 1 saturated heterocycles. The largest absolute Gasteiger partial charge is 0.478 e. The summed E-state index contributed by atoms with van der Waals surface area (Å²) in [5.74, 6) is 0.215. The van der Waals surface area contributed by atoms with Crippen molar-refractivity contribution in [2.24, 2.45) is 0 Å². The fourth-order valence-electron chi connectivity index (χ4n) is 2.35. The van der Waals surface area contributed by atoms with Gasteiger partial charge in [-0.1, -0.05) is 0 Å². The highest BCUT2D eigenvalue weighted by Crippen LogP contribution is 2.23. The lowest BCUT2D eigenvalue weighted by atomic mass is 10.1. The van der Waals surface area contributed by atoms with Gasteiger partial charge in [0.05, 0.1) is 5.56 Å². The number of carboxylic acids is 1. The van der Waals surface area contributed by atoms with Crippen LogP contribution in [0.2, 0.25) is 0 Å². The second kappa shape index (κ2) is 4.06. The number of aromatic carboxylic acids is 1. The molecule has 0 saturated carbocycles. The Balaban J connectivity index is 1.98. The predicted molar refractivity (Wildman–Crippen MR) is 64.8 cm³/mol. The van der Waals surface area contributed by atoms with Crippen LogP contribution in [0, 0.1) is 0 Å². The first kappa shape index (κ1) is 11.2. The topological polar surface area (TPSA) is 70.7 Å². The van der Waals surface area contributed by atoms with E-state index in [4.69, 9.17) is 5.11 Å². The molecule has 6 heteroatoms. The van der Waals surface area contributed by atoms with E-state index < -0.39 is 5.97 Å². The molecule has 6 nitrogen and oxygen atoms in total. The van der Waals surface area contributed by atoms with Gasteiger partial charge in [-0.2, -0.15) is 5.10 Å². The van der Waals surface area contributed by atoms with Crippen LogP contribution in [-0.2, 0) is 0 Å². The molecule has 0 aromatic carbocycles. The predicted octanol–water partition coefficient (Wildman–Crippen LogP) is 0.847. The SMILES string of the molecule is CN1CCC(c2nc3cc(C(=O)O)ccn3n2)C1.